The normalized spacial score (nSPS) is 16.2. The van der Waals surface area contributed by atoms with Gasteiger partial charge in [-0.3, -0.25) is 9.59 Å². The summed E-state index contributed by atoms with van der Waals surface area (Å²) < 4.78 is 10.8. The number of carbonyl (C=O) groups excluding carboxylic acids is 2. The molecular formula is C22H26N2O4. The Bertz CT molecular complexity index is 817. The number of nitrogens with zero attached hydrogens (tertiary/aromatic N) is 2. The molecule has 2 aromatic rings. The van der Waals surface area contributed by atoms with E-state index in [1.165, 1.54) is 5.56 Å². The van der Waals surface area contributed by atoms with Gasteiger partial charge in [-0.15, -0.1) is 0 Å². The van der Waals surface area contributed by atoms with Crippen molar-refractivity contribution in [1.82, 2.24) is 4.90 Å². The molecule has 0 saturated carbocycles. The lowest BCUT2D eigenvalue weighted by Crippen LogP contribution is -2.37. The molecular weight excluding hydrogens is 356 g/mol. The van der Waals surface area contributed by atoms with Crippen molar-refractivity contribution in [2.24, 2.45) is 5.92 Å². The van der Waals surface area contributed by atoms with Crippen molar-refractivity contribution >= 4 is 17.5 Å². The maximum atomic E-state index is 12.7. The molecule has 3 rings (SSSR count). The molecule has 0 N–H and O–H groups in total. The van der Waals surface area contributed by atoms with E-state index in [0.29, 0.717) is 19.7 Å². The van der Waals surface area contributed by atoms with Crippen LogP contribution in [0.25, 0.3) is 0 Å². The molecule has 28 heavy (non-hydrogen) atoms. The van der Waals surface area contributed by atoms with Gasteiger partial charge in [-0.25, -0.2) is 0 Å². The molecule has 1 aliphatic rings. The Morgan fingerprint density at radius 1 is 1.11 bits per heavy atom. The molecule has 1 aliphatic heterocycles. The molecule has 2 aromatic carbocycles. The van der Waals surface area contributed by atoms with Gasteiger partial charge in [-0.05, 0) is 43.3 Å². The lowest BCUT2D eigenvalue weighted by molar-refractivity contribution is -0.134. The first-order valence-electron chi connectivity index (χ1n) is 9.37. The first kappa shape index (κ1) is 19.7. The van der Waals surface area contributed by atoms with Crippen LogP contribution in [0.5, 0.6) is 11.5 Å². The summed E-state index contributed by atoms with van der Waals surface area (Å²) in [5.41, 5.74) is 1.96. The second-order valence-corrected chi connectivity index (χ2v) is 7.02. The van der Waals surface area contributed by atoms with Crippen LogP contribution in [0.3, 0.4) is 0 Å². The summed E-state index contributed by atoms with van der Waals surface area (Å²) in [6.45, 7) is 3.30. The number of rotatable bonds is 7. The number of ether oxygens (including phenoxy) is 2. The van der Waals surface area contributed by atoms with Crippen molar-refractivity contribution in [2.75, 3.05) is 38.8 Å². The Morgan fingerprint density at radius 2 is 1.75 bits per heavy atom. The fraction of sp³-hybridized carbons (Fsp3) is 0.364. The fourth-order valence-electron chi connectivity index (χ4n) is 3.24. The van der Waals surface area contributed by atoms with Crippen LogP contribution in [0.2, 0.25) is 0 Å². The van der Waals surface area contributed by atoms with Gasteiger partial charge in [0.25, 0.3) is 0 Å². The molecule has 6 nitrogen and oxygen atoms in total. The van der Waals surface area contributed by atoms with Crippen molar-refractivity contribution < 1.29 is 19.1 Å². The molecule has 0 spiro atoms. The number of amides is 2. The van der Waals surface area contributed by atoms with Gasteiger partial charge in [-0.1, -0.05) is 17.7 Å². The predicted molar refractivity (Wildman–Crippen MR) is 108 cm³/mol. The largest absolute Gasteiger partial charge is 0.497 e. The van der Waals surface area contributed by atoms with Crippen LogP contribution in [0.1, 0.15) is 12.0 Å². The second kappa shape index (κ2) is 8.78. The fourth-order valence-corrected chi connectivity index (χ4v) is 3.24. The third-order valence-electron chi connectivity index (χ3n) is 4.95. The number of hydrogen-bond acceptors (Lipinski definition) is 4. The summed E-state index contributed by atoms with van der Waals surface area (Å²) in [7, 11) is 3.35. The minimum absolute atomic E-state index is 0.0307. The highest BCUT2D eigenvalue weighted by Crippen LogP contribution is 2.27. The quantitative estimate of drug-likeness (QED) is 0.739. The van der Waals surface area contributed by atoms with E-state index < -0.39 is 0 Å². The van der Waals surface area contributed by atoms with Crippen LogP contribution in [-0.2, 0) is 9.59 Å². The van der Waals surface area contributed by atoms with Crippen LogP contribution >= 0.6 is 0 Å². The SMILES string of the molecule is COc1ccc(N2CC(C(=O)N(C)CCOc3ccc(C)cc3)CC2=O)cc1. The number of hydrogen-bond donors (Lipinski definition) is 0. The zero-order valence-corrected chi connectivity index (χ0v) is 16.6. The van der Waals surface area contributed by atoms with E-state index in [1.54, 1.807) is 24.0 Å². The van der Waals surface area contributed by atoms with E-state index in [9.17, 15) is 9.59 Å². The monoisotopic (exact) mass is 382 g/mol. The lowest BCUT2D eigenvalue weighted by Gasteiger charge is -2.21. The summed E-state index contributed by atoms with van der Waals surface area (Å²) in [5.74, 6) is 1.12. The molecule has 1 unspecified atom stereocenters. The van der Waals surface area contributed by atoms with Crippen LogP contribution in [-0.4, -0.2) is 50.6 Å². The summed E-state index contributed by atoms with van der Waals surface area (Å²) in [4.78, 5) is 28.4. The summed E-state index contributed by atoms with van der Waals surface area (Å²) in [5, 5.41) is 0. The molecule has 0 radical (unpaired) electrons. The van der Waals surface area contributed by atoms with Crippen molar-refractivity contribution in [3.63, 3.8) is 0 Å². The molecule has 0 bridgehead atoms. The first-order valence-corrected chi connectivity index (χ1v) is 9.37. The number of carbonyl (C=O) groups is 2. The highest BCUT2D eigenvalue weighted by Gasteiger charge is 2.36. The average molecular weight is 382 g/mol. The maximum Gasteiger partial charge on any atom is 0.227 e. The standard InChI is InChI=1S/C22H26N2O4/c1-16-4-8-20(9-5-16)28-13-12-23(2)22(26)17-14-21(25)24(15-17)18-6-10-19(27-3)11-7-18/h4-11,17H,12-15H2,1-3H3. The third-order valence-corrected chi connectivity index (χ3v) is 4.95. The highest BCUT2D eigenvalue weighted by atomic mass is 16.5. The number of benzene rings is 2. The third kappa shape index (κ3) is 4.63. The first-order chi connectivity index (χ1) is 13.5. The summed E-state index contributed by atoms with van der Waals surface area (Å²) in [6.07, 6.45) is 0.230. The van der Waals surface area contributed by atoms with Crippen LogP contribution in [0.15, 0.2) is 48.5 Å². The van der Waals surface area contributed by atoms with E-state index in [2.05, 4.69) is 0 Å². The molecule has 6 heteroatoms. The molecule has 1 saturated heterocycles. The van der Waals surface area contributed by atoms with E-state index >= 15 is 0 Å². The number of methoxy groups -OCH3 is 1. The van der Waals surface area contributed by atoms with Gasteiger partial charge in [0, 0.05) is 25.7 Å². The Balaban J connectivity index is 1.52. The van der Waals surface area contributed by atoms with Crippen molar-refractivity contribution in [1.29, 1.82) is 0 Å². The van der Waals surface area contributed by atoms with Gasteiger partial charge in [-0.2, -0.15) is 0 Å². The molecule has 148 valence electrons. The topological polar surface area (TPSA) is 59.1 Å². The zero-order valence-electron chi connectivity index (χ0n) is 16.6. The smallest absolute Gasteiger partial charge is 0.227 e. The van der Waals surface area contributed by atoms with E-state index in [4.69, 9.17) is 9.47 Å². The summed E-state index contributed by atoms with van der Waals surface area (Å²) in [6, 6.07) is 15.1. The average Bonchev–Trinajstić information content (AvgIpc) is 3.10. The molecule has 1 fully saturated rings. The number of likely N-dealkylation sites (N-methyl/N-ethyl adjacent to an activating group) is 1. The maximum absolute atomic E-state index is 12.7. The Kier molecular flexibility index (Phi) is 6.19. The molecule has 0 aliphatic carbocycles. The van der Waals surface area contributed by atoms with Crippen LogP contribution in [0, 0.1) is 12.8 Å². The van der Waals surface area contributed by atoms with Gasteiger partial charge in [0.05, 0.1) is 19.6 Å². The molecule has 1 atom stereocenters. The minimum atomic E-state index is -0.334. The van der Waals surface area contributed by atoms with Gasteiger partial charge < -0.3 is 19.3 Å². The lowest BCUT2D eigenvalue weighted by atomic mass is 10.1. The van der Waals surface area contributed by atoms with Crippen molar-refractivity contribution in [2.45, 2.75) is 13.3 Å². The summed E-state index contributed by atoms with van der Waals surface area (Å²) >= 11 is 0. The number of anilines is 1. The van der Waals surface area contributed by atoms with E-state index in [0.717, 1.165) is 17.2 Å². The molecule has 0 aromatic heterocycles. The van der Waals surface area contributed by atoms with Crippen LogP contribution < -0.4 is 14.4 Å². The van der Waals surface area contributed by atoms with Gasteiger partial charge in [0.1, 0.15) is 18.1 Å². The Labute approximate surface area is 165 Å². The molecule has 2 amide bonds. The zero-order chi connectivity index (χ0) is 20.1. The molecule has 1 heterocycles. The van der Waals surface area contributed by atoms with Crippen molar-refractivity contribution in [3.05, 3.63) is 54.1 Å². The van der Waals surface area contributed by atoms with E-state index in [1.807, 2.05) is 55.5 Å². The van der Waals surface area contributed by atoms with E-state index in [-0.39, 0.29) is 24.2 Å². The Hall–Kier alpha value is -3.02. The van der Waals surface area contributed by atoms with Crippen LogP contribution in [0.4, 0.5) is 5.69 Å². The predicted octanol–water partition coefficient (Wildman–Crippen LogP) is 2.89. The van der Waals surface area contributed by atoms with Gasteiger partial charge in [0.2, 0.25) is 11.8 Å². The Morgan fingerprint density at radius 3 is 2.39 bits per heavy atom. The minimum Gasteiger partial charge on any atom is -0.497 e. The second-order valence-electron chi connectivity index (χ2n) is 7.02. The van der Waals surface area contributed by atoms with Gasteiger partial charge >= 0.3 is 0 Å². The van der Waals surface area contributed by atoms with Gasteiger partial charge in [0.15, 0.2) is 0 Å². The highest BCUT2D eigenvalue weighted by molar-refractivity contribution is 6.00. The number of aryl methyl sites for hydroxylation is 1. The van der Waals surface area contributed by atoms with Crippen molar-refractivity contribution in [3.8, 4) is 11.5 Å².